The maximum Gasteiger partial charge on any atom is 0.422 e. The van der Waals surface area contributed by atoms with Gasteiger partial charge in [0.25, 0.3) is 0 Å². The number of nitrogens with one attached hydrogen (secondary N) is 2. The molecule has 0 bridgehead atoms. The lowest BCUT2D eigenvalue weighted by Gasteiger charge is -2.10. The van der Waals surface area contributed by atoms with E-state index in [0.29, 0.717) is 11.5 Å². The minimum Gasteiger partial charge on any atom is -0.468 e. The molecule has 1 amide bonds. The second-order valence-corrected chi connectivity index (χ2v) is 5.26. The van der Waals surface area contributed by atoms with Crippen molar-refractivity contribution in [1.29, 1.82) is 0 Å². The summed E-state index contributed by atoms with van der Waals surface area (Å²) < 4.78 is 40.7. The number of carbonyl (C=O) groups excluding carboxylic acids is 1. The first kappa shape index (κ1) is 22.8. The molecule has 2 N–H and O–H groups in total. The second kappa shape index (κ2) is 10.6. The van der Waals surface area contributed by atoms with E-state index in [0.717, 1.165) is 6.54 Å². The van der Waals surface area contributed by atoms with Gasteiger partial charge in [-0.1, -0.05) is 0 Å². The van der Waals surface area contributed by atoms with Gasteiger partial charge in [0.1, 0.15) is 0 Å². The number of carbonyl (C=O) groups is 1. The van der Waals surface area contributed by atoms with Crippen molar-refractivity contribution in [2.24, 2.45) is 5.92 Å². The van der Waals surface area contributed by atoms with Crippen LogP contribution in [-0.2, 0) is 11.3 Å². The van der Waals surface area contributed by atoms with Crippen LogP contribution in [0.5, 0.6) is 5.88 Å². The average molecular weight is 390 g/mol. The molecule has 0 saturated heterocycles. The fourth-order valence-corrected chi connectivity index (χ4v) is 1.77. The summed E-state index contributed by atoms with van der Waals surface area (Å²) in [6.45, 7) is -0.0904. The zero-order valence-electron chi connectivity index (χ0n) is 12.8. The van der Waals surface area contributed by atoms with Gasteiger partial charge in [0.2, 0.25) is 11.8 Å². The number of pyridine rings is 1. The fraction of sp³-hybridized carbons (Fsp3) is 0.571. The molecule has 1 saturated carbocycles. The summed E-state index contributed by atoms with van der Waals surface area (Å²) in [6.07, 6.45) is -0.629. The second-order valence-electron chi connectivity index (χ2n) is 5.26. The number of amides is 1. The van der Waals surface area contributed by atoms with Crippen molar-refractivity contribution in [2.75, 3.05) is 19.7 Å². The lowest BCUT2D eigenvalue weighted by molar-refractivity contribution is -0.154. The highest BCUT2D eigenvalue weighted by Crippen LogP contribution is 2.27. The van der Waals surface area contributed by atoms with E-state index in [9.17, 15) is 18.0 Å². The van der Waals surface area contributed by atoms with Crippen LogP contribution in [0, 0.1) is 5.92 Å². The van der Waals surface area contributed by atoms with Gasteiger partial charge in [-0.25, -0.2) is 4.98 Å². The number of hydrogen-bond acceptors (Lipinski definition) is 4. The SMILES string of the molecule is Cl.Cl.O=C(CNCC1CC1)NCc1ccnc(OCC(F)(F)F)c1. The van der Waals surface area contributed by atoms with Crippen molar-refractivity contribution in [2.45, 2.75) is 25.6 Å². The zero-order valence-corrected chi connectivity index (χ0v) is 14.4. The Kier molecular flexibility index (Phi) is 10.0. The van der Waals surface area contributed by atoms with Gasteiger partial charge in [0.05, 0.1) is 6.54 Å². The Hall–Kier alpha value is -1.25. The minimum absolute atomic E-state index is 0. The summed E-state index contributed by atoms with van der Waals surface area (Å²) in [5, 5.41) is 5.74. The Labute approximate surface area is 150 Å². The number of rotatable bonds is 8. The monoisotopic (exact) mass is 389 g/mol. The van der Waals surface area contributed by atoms with Crippen LogP contribution < -0.4 is 15.4 Å². The Bertz CT molecular complexity index is 514. The molecule has 0 aliphatic heterocycles. The van der Waals surface area contributed by atoms with Gasteiger partial charge in [0, 0.05) is 18.8 Å². The Morgan fingerprint density at radius 3 is 2.67 bits per heavy atom. The molecular formula is C14H20Cl2F3N3O2. The molecule has 1 aliphatic carbocycles. The third-order valence-electron chi connectivity index (χ3n) is 3.09. The molecule has 1 aromatic rings. The topological polar surface area (TPSA) is 63.2 Å². The summed E-state index contributed by atoms with van der Waals surface area (Å²) in [7, 11) is 0. The largest absolute Gasteiger partial charge is 0.468 e. The number of alkyl halides is 3. The molecule has 5 nitrogen and oxygen atoms in total. The number of hydrogen-bond donors (Lipinski definition) is 2. The summed E-state index contributed by atoms with van der Waals surface area (Å²) in [5.74, 6) is 0.424. The van der Waals surface area contributed by atoms with E-state index >= 15 is 0 Å². The van der Waals surface area contributed by atoms with E-state index in [1.54, 1.807) is 6.07 Å². The lowest BCUT2D eigenvalue weighted by Crippen LogP contribution is -2.34. The van der Waals surface area contributed by atoms with Crippen molar-refractivity contribution in [1.82, 2.24) is 15.6 Å². The molecule has 0 radical (unpaired) electrons. The first-order valence-corrected chi connectivity index (χ1v) is 7.04. The highest BCUT2D eigenvalue weighted by atomic mass is 35.5. The van der Waals surface area contributed by atoms with Crippen LogP contribution >= 0.6 is 24.8 Å². The van der Waals surface area contributed by atoms with E-state index in [2.05, 4.69) is 20.4 Å². The predicted molar refractivity (Wildman–Crippen MR) is 87.7 cm³/mol. The summed E-state index contributed by atoms with van der Waals surface area (Å²) in [6, 6.07) is 2.99. The van der Waals surface area contributed by atoms with Crippen LogP contribution in [0.25, 0.3) is 0 Å². The van der Waals surface area contributed by atoms with Crippen LogP contribution in [0.15, 0.2) is 18.3 Å². The molecule has 1 fully saturated rings. The summed E-state index contributed by atoms with van der Waals surface area (Å²) in [5.41, 5.74) is 0.628. The van der Waals surface area contributed by atoms with Gasteiger partial charge in [-0.2, -0.15) is 13.2 Å². The average Bonchev–Trinajstić information content (AvgIpc) is 3.27. The smallest absolute Gasteiger partial charge is 0.422 e. The van der Waals surface area contributed by atoms with E-state index in [-0.39, 0.29) is 49.7 Å². The number of nitrogens with zero attached hydrogens (tertiary/aromatic N) is 1. The van der Waals surface area contributed by atoms with Crippen LogP contribution in [0.1, 0.15) is 18.4 Å². The quantitative estimate of drug-likeness (QED) is 0.716. The van der Waals surface area contributed by atoms with Gasteiger partial charge in [-0.3, -0.25) is 4.79 Å². The van der Waals surface area contributed by atoms with Crippen molar-refractivity contribution >= 4 is 30.7 Å². The third-order valence-corrected chi connectivity index (χ3v) is 3.09. The predicted octanol–water partition coefficient (Wildman–Crippen LogP) is 2.48. The first-order chi connectivity index (χ1) is 10.4. The van der Waals surface area contributed by atoms with Gasteiger partial charge in [0.15, 0.2) is 6.61 Å². The highest BCUT2D eigenvalue weighted by molar-refractivity contribution is 5.85. The van der Waals surface area contributed by atoms with Gasteiger partial charge in [-0.05, 0) is 36.9 Å². The molecule has 1 aliphatic rings. The fourth-order valence-electron chi connectivity index (χ4n) is 1.77. The molecule has 0 atom stereocenters. The van der Waals surface area contributed by atoms with Crippen LogP contribution in [0.4, 0.5) is 13.2 Å². The molecule has 0 unspecified atom stereocenters. The van der Waals surface area contributed by atoms with E-state index in [1.165, 1.54) is 25.1 Å². The molecule has 0 aromatic carbocycles. The highest BCUT2D eigenvalue weighted by Gasteiger charge is 2.28. The van der Waals surface area contributed by atoms with Crippen molar-refractivity contribution in [3.63, 3.8) is 0 Å². The van der Waals surface area contributed by atoms with Crippen molar-refractivity contribution in [3.8, 4) is 5.88 Å². The Balaban J connectivity index is 0.00000264. The maximum absolute atomic E-state index is 12.1. The normalized spacial score (nSPS) is 13.5. The zero-order chi connectivity index (χ0) is 16.0. The van der Waals surface area contributed by atoms with Gasteiger partial charge in [-0.15, -0.1) is 24.8 Å². The van der Waals surface area contributed by atoms with E-state index in [4.69, 9.17) is 0 Å². The lowest BCUT2D eigenvalue weighted by atomic mass is 10.2. The van der Waals surface area contributed by atoms with Crippen LogP contribution in [0.3, 0.4) is 0 Å². The standard InChI is InChI=1S/C14H18F3N3O2.2ClH/c15-14(16,17)9-22-13-5-11(3-4-19-13)7-20-12(21)8-18-6-10-1-2-10;;/h3-5,10,18H,1-2,6-9H2,(H,20,21);2*1H. The van der Waals surface area contributed by atoms with Crippen molar-refractivity contribution in [3.05, 3.63) is 23.9 Å². The molecule has 1 aromatic heterocycles. The molecule has 138 valence electrons. The molecule has 1 heterocycles. The Morgan fingerprint density at radius 2 is 2.04 bits per heavy atom. The molecule has 10 heteroatoms. The number of aromatic nitrogens is 1. The summed E-state index contributed by atoms with van der Waals surface area (Å²) >= 11 is 0. The maximum atomic E-state index is 12.1. The van der Waals surface area contributed by atoms with Crippen LogP contribution in [-0.4, -0.2) is 36.8 Å². The molecule has 2 rings (SSSR count). The van der Waals surface area contributed by atoms with Crippen molar-refractivity contribution < 1.29 is 22.7 Å². The van der Waals surface area contributed by atoms with E-state index < -0.39 is 12.8 Å². The summed E-state index contributed by atoms with van der Waals surface area (Å²) in [4.78, 5) is 15.3. The molecular weight excluding hydrogens is 370 g/mol. The molecule has 24 heavy (non-hydrogen) atoms. The molecule has 0 spiro atoms. The number of ether oxygens (including phenoxy) is 1. The van der Waals surface area contributed by atoms with Gasteiger partial charge < -0.3 is 15.4 Å². The minimum atomic E-state index is -4.40. The Morgan fingerprint density at radius 1 is 1.33 bits per heavy atom. The van der Waals surface area contributed by atoms with Crippen LogP contribution in [0.2, 0.25) is 0 Å². The first-order valence-electron chi connectivity index (χ1n) is 7.04. The third kappa shape index (κ3) is 9.79. The number of halogens is 5. The van der Waals surface area contributed by atoms with Gasteiger partial charge >= 0.3 is 6.18 Å². The van der Waals surface area contributed by atoms with E-state index in [1.807, 2.05) is 0 Å².